The van der Waals surface area contributed by atoms with Crippen LogP contribution in [0.2, 0.25) is 0 Å². The summed E-state index contributed by atoms with van der Waals surface area (Å²) in [6.07, 6.45) is 6.33. The third-order valence-corrected chi connectivity index (χ3v) is 3.20. The molecular formula is C9H13NOS. The first-order valence-corrected chi connectivity index (χ1v) is 5.30. The van der Waals surface area contributed by atoms with Gasteiger partial charge in [-0.2, -0.15) is 0 Å². The topological polar surface area (TPSA) is 33.1 Å². The second kappa shape index (κ2) is 3.54. The third kappa shape index (κ3) is 2.05. The molecule has 1 atom stereocenters. The van der Waals surface area contributed by atoms with Crippen molar-refractivity contribution in [2.75, 3.05) is 0 Å². The molecule has 0 aliphatic heterocycles. The monoisotopic (exact) mass is 183 g/mol. The largest absolute Gasteiger partial charge is 0.388 e. The van der Waals surface area contributed by atoms with Crippen molar-refractivity contribution < 1.29 is 5.11 Å². The van der Waals surface area contributed by atoms with E-state index >= 15 is 0 Å². The molecule has 3 heteroatoms. The van der Waals surface area contributed by atoms with Crippen LogP contribution in [0.25, 0.3) is 0 Å². The molecule has 1 aliphatic rings. The average Bonchev–Trinajstić information content (AvgIpc) is 2.74. The minimum atomic E-state index is -0.266. The first-order valence-electron chi connectivity index (χ1n) is 4.42. The molecule has 1 aliphatic carbocycles. The van der Waals surface area contributed by atoms with Gasteiger partial charge in [0, 0.05) is 6.20 Å². The summed E-state index contributed by atoms with van der Waals surface area (Å²) in [6, 6.07) is 0. The van der Waals surface area contributed by atoms with Crippen molar-refractivity contribution in [2.24, 2.45) is 5.92 Å². The second-order valence-corrected chi connectivity index (χ2v) is 4.36. The van der Waals surface area contributed by atoms with E-state index in [-0.39, 0.29) is 6.10 Å². The summed E-state index contributed by atoms with van der Waals surface area (Å²) in [5.74, 6) is 0.910. The van der Waals surface area contributed by atoms with E-state index in [1.54, 1.807) is 23.0 Å². The molecule has 2 rings (SSSR count). The van der Waals surface area contributed by atoms with Crippen LogP contribution < -0.4 is 0 Å². The van der Waals surface area contributed by atoms with Gasteiger partial charge in [-0.3, -0.25) is 4.98 Å². The number of nitrogens with zero attached hydrogens (tertiary/aromatic N) is 1. The van der Waals surface area contributed by atoms with Crippen LogP contribution in [0.1, 0.15) is 36.7 Å². The van der Waals surface area contributed by atoms with Crippen LogP contribution in [-0.2, 0) is 0 Å². The van der Waals surface area contributed by atoms with Gasteiger partial charge >= 0.3 is 0 Å². The summed E-state index contributed by atoms with van der Waals surface area (Å²) < 4.78 is 0. The summed E-state index contributed by atoms with van der Waals surface area (Å²) in [5.41, 5.74) is 1.77. The van der Waals surface area contributed by atoms with Gasteiger partial charge in [-0.25, -0.2) is 0 Å². The molecular weight excluding hydrogens is 170 g/mol. The van der Waals surface area contributed by atoms with Crippen LogP contribution in [0.15, 0.2) is 11.7 Å². The highest BCUT2D eigenvalue weighted by molar-refractivity contribution is 7.09. The molecule has 1 aromatic heterocycles. The lowest BCUT2D eigenvalue weighted by Crippen LogP contribution is -1.94. The van der Waals surface area contributed by atoms with Crippen LogP contribution in [0, 0.1) is 5.92 Å². The Morgan fingerprint density at radius 3 is 3.08 bits per heavy atom. The Bertz CT molecular complexity index is 231. The van der Waals surface area contributed by atoms with Crippen molar-refractivity contribution in [2.45, 2.75) is 31.8 Å². The molecule has 0 spiro atoms. The van der Waals surface area contributed by atoms with Gasteiger partial charge < -0.3 is 5.11 Å². The van der Waals surface area contributed by atoms with Gasteiger partial charge in [0.15, 0.2) is 0 Å². The Morgan fingerprint density at radius 1 is 1.67 bits per heavy atom. The van der Waals surface area contributed by atoms with Gasteiger partial charge in [0.25, 0.3) is 0 Å². The van der Waals surface area contributed by atoms with Gasteiger partial charge in [0.1, 0.15) is 0 Å². The van der Waals surface area contributed by atoms with Crippen molar-refractivity contribution in [1.82, 2.24) is 4.98 Å². The fourth-order valence-electron chi connectivity index (χ4n) is 1.33. The quantitative estimate of drug-likeness (QED) is 0.777. The van der Waals surface area contributed by atoms with Crippen molar-refractivity contribution in [3.8, 4) is 0 Å². The molecule has 0 bridgehead atoms. The highest BCUT2D eigenvalue weighted by Crippen LogP contribution is 2.36. The summed E-state index contributed by atoms with van der Waals surface area (Å²) >= 11 is 1.54. The number of rotatable bonds is 4. The summed E-state index contributed by atoms with van der Waals surface area (Å²) in [7, 11) is 0. The molecule has 66 valence electrons. The number of hydrogen-bond donors (Lipinski definition) is 1. The highest BCUT2D eigenvalue weighted by Gasteiger charge is 2.22. The maximum atomic E-state index is 9.66. The number of thiazole rings is 1. The molecule has 1 heterocycles. The summed E-state index contributed by atoms with van der Waals surface area (Å²) in [4.78, 5) is 4.95. The van der Waals surface area contributed by atoms with E-state index in [0.29, 0.717) is 0 Å². The molecule has 0 amide bonds. The SMILES string of the molecule is OC(CCC1CC1)c1cncs1. The first kappa shape index (κ1) is 8.20. The van der Waals surface area contributed by atoms with Crippen LogP contribution >= 0.6 is 11.3 Å². The van der Waals surface area contributed by atoms with Crippen LogP contribution in [0.4, 0.5) is 0 Å². The molecule has 1 N–H and O–H groups in total. The first-order chi connectivity index (χ1) is 5.86. The Hall–Kier alpha value is -0.410. The molecule has 1 unspecified atom stereocenters. The van der Waals surface area contributed by atoms with Crippen LogP contribution in [0.3, 0.4) is 0 Å². The number of hydrogen-bond acceptors (Lipinski definition) is 3. The predicted octanol–water partition coefficient (Wildman–Crippen LogP) is 2.37. The Balaban J connectivity index is 1.79. The molecule has 12 heavy (non-hydrogen) atoms. The summed E-state index contributed by atoms with van der Waals surface area (Å²) in [5, 5.41) is 9.66. The molecule has 0 radical (unpaired) electrons. The third-order valence-electron chi connectivity index (χ3n) is 2.33. The molecule has 0 aromatic carbocycles. The van der Waals surface area contributed by atoms with Crippen molar-refractivity contribution in [3.05, 3.63) is 16.6 Å². The van der Waals surface area contributed by atoms with Gasteiger partial charge in [0.2, 0.25) is 0 Å². The zero-order valence-electron chi connectivity index (χ0n) is 6.94. The molecule has 1 fully saturated rings. The van der Waals surface area contributed by atoms with E-state index in [9.17, 15) is 5.11 Å². The minimum Gasteiger partial charge on any atom is -0.388 e. The van der Waals surface area contributed by atoms with Crippen LogP contribution in [-0.4, -0.2) is 10.1 Å². The van der Waals surface area contributed by atoms with Gasteiger partial charge in [0.05, 0.1) is 16.5 Å². The maximum absolute atomic E-state index is 9.66. The predicted molar refractivity (Wildman–Crippen MR) is 49.0 cm³/mol. The van der Waals surface area contributed by atoms with Gasteiger partial charge in [-0.05, 0) is 18.8 Å². The van der Waals surface area contributed by atoms with Gasteiger partial charge in [-0.1, -0.05) is 12.8 Å². The fraction of sp³-hybridized carbons (Fsp3) is 0.667. The van der Waals surface area contributed by atoms with Crippen LogP contribution in [0.5, 0.6) is 0 Å². The Labute approximate surface area is 76.3 Å². The van der Waals surface area contributed by atoms with E-state index in [4.69, 9.17) is 0 Å². The van der Waals surface area contributed by atoms with Crippen molar-refractivity contribution in [1.29, 1.82) is 0 Å². The van der Waals surface area contributed by atoms with Gasteiger partial charge in [-0.15, -0.1) is 11.3 Å². The van der Waals surface area contributed by atoms with E-state index in [2.05, 4.69) is 4.98 Å². The number of aromatic nitrogens is 1. The zero-order valence-corrected chi connectivity index (χ0v) is 7.76. The zero-order chi connectivity index (χ0) is 8.39. The standard InChI is InChI=1S/C9H13NOS/c11-8(4-3-7-1-2-7)9-5-10-6-12-9/h5-8,11H,1-4H2. The smallest absolute Gasteiger partial charge is 0.0898 e. The number of aliphatic hydroxyl groups is 1. The fourth-order valence-corrected chi connectivity index (χ4v) is 1.97. The molecule has 1 aromatic rings. The molecule has 1 saturated carbocycles. The van der Waals surface area contributed by atoms with E-state index in [1.807, 2.05) is 0 Å². The van der Waals surface area contributed by atoms with E-state index in [1.165, 1.54) is 19.3 Å². The number of aliphatic hydroxyl groups excluding tert-OH is 1. The highest BCUT2D eigenvalue weighted by atomic mass is 32.1. The lowest BCUT2D eigenvalue weighted by Gasteiger charge is -2.05. The Morgan fingerprint density at radius 2 is 2.50 bits per heavy atom. The average molecular weight is 183 g/mol. The van der Waals surface area contributed by atoms with Crippen molar-refractivity contribution >= 4 is 11.3 Å². The van der Waals surface area contributed by atoms with Crippen molar-refractivity contribution in [3.63, 3.8) is 0 Å². The Kier molecular flexibility index (Phi) is 2.42. The lowest BCUT2D eigenvalue weighted by atomic mass is 10.1. The molecule has 0 saturated heterocycles. The lowest BCUT2D eigenvalue weighted by molar-refractivity contribution is 0.166. The summed E-state index contributed by atoms with van der Waals surface area (Å²) in [6.45, 7) is 0. The van der Waals surface area contributed by atoms with E-state index < -0.39 is 0 Å². The molecule has 2 nitrogen and oxygen atoms in total. The second-order valence-electron chi connectivity index (χ2n) is 3.44. The van der Waals surface area contributed by atoms with E-state index in [0.717, 1.165) is 17.2 Å². The minimum absolute atomic E-state index is 0.266. The maximum Gasteiger partial charge on any atom is 0.0898 e. The normalized spacial score (nSPS) is 19.4.